The van der Waals surface area contributed by atoms with Crippen molar-refractivity contribution in [2.75, 3.05) is 6.54 Å². The van der Waals surface area contributed by atoms with Gasteiger partial charge < -0.3 is 5.73 Å². The molecule has 1 heterocycles. The Labute approximate surface area is 78.4 Å². The molecule has 1 aromatic rings. The quantitative estimate of drug-likeness (QED) is 0.692. The fourth-order valence-electron chi connectivity index (χ4n) is 1.96. The van der Waals surface area contributed by atoms with E-state index in [0.29, 0.717) is 5.92 Å². The maximum absolute atomic E-state index is 5.67. The topological polar surface area (TPSA) is 51.8 Å². The van der Waals surface area contributed by atoms with Gasteiger partial charge in [-0.25, -0.2) is 9.97 Å². The van der Waals surface area contributed by atoms with Crippen LogP contribution in [-0.4, -0.2) is 16.5 Å². The van der Waals surface area contributed by atoms with E-state index in [9.17, 15) is 0 Å². The summed E-state index contributed by atoms with van der Waals surface area (Å²) in [5.41, 5.74) is 9.37. The van der Waals surface area contributed by atoms with E-state index in [-0.39, 0.29) is 0 Å². The monoisotopic (exact) mass is 177 g/mol. The van der Waals surface area contributed by atoms with Crippen molar-refractivity contribution in [3.63, 3.8) is 0 Å². The summed E-state index contributed by atoms with van der Waals surface area (Å²) in [6.45, 7) is 2.84. The maximum atomic E-state index is 5.67. The average Bonchev–Trinajstić information content (AvgIpc) is 2.18. The first-order valence-corrected chi connectivity index (χ1v) is 4.80. The number of aryl methyl sites for hydroxylation is 2. The first-order chi connectivity index (χ1) is 6.31. The van der Waals surface area contributed by atoms with Crippen molar-refractivity contribution in [1.29, 1.82) is 0 Å². The number of fused-ring (bicyclic) bond motifs is 1. The van der Waals surface area contributed by atoms with E-state index in [1.165, 1.54) is 17.7 Å². The first-order valence-electron chi connectivity index (χ1n) is 4.80. The van der Waals surface area contributed by atoms with Gasteiger partial charge in [0.05, 0.1) is 0 Å². The van der Waals surface area contributed by atoms with E-state index in [0.717, 1.165) is 25.1 Å². The number of nitrogens with two attached hydrogens (primary N) is 1. The lowest BCUT2D eigenvalue weighted by Gasteiger charge is -2.23. The van der Waals surface area contributed by atoms with Crippen LogP contribution in [0.5, 0.6) is 0 Å². The van der Waals surface area contributed by atoms with E-state index >= 15 is 0 Å². The number of aromatic nitrogens is 2. The third kappa shape index (κ3) is 1.56. The van der Waals surface area contributed by atoms with Crippen molar-refractivity contribution in [3.05, 3.63) is 23.3 Å². The molecule has 1 aliphatic rings. The van der Waals surface area contributed by atoms with Crippen molar-refractivity contribution >= 4 is 0 Å². The molecule has 1 unspecified atom stereocenters. The zero-order valence-corrected chi connectivity index (χ0v) is 7.95. The van der Waals surface area contributed by atoms with Gasteiger partial charge in [-0.3, -0.25) is 0 Å². The van der Waals surface area contributed by atoms with Crippen LogP contribution in [0.25, 0.3) is 0 Å². The lowest BCUT2D eigenvalue weighted by atomic mass is 9.86. The molecule has 0 saturated heterocycles. The molecule has 0 fully saturated rings. The Morgan fingerprint density at radius 2 is 2.38 bits per heavy atom. The summed E-state index contributed by atoms with van der Waals surface area (Å²) in [6.07, 6.45) is 4.98. The van der Waals surface area contributed by atoms with Gasteiger partial charge in [-0.1, -0.05) is 0 Å². The molecule has 0 spiro atoms. The highest BCUT2D eigenvalue weighted by Gasteiger charge is 2.19. The highest BCUT2D eigenvalue weighted by molar-refractivity contribution is 5.26. The van der Waals surface area contributed by atoms with Gasteiger partial charge in [-0.05, 0) is 44.2 Å². The van der Waals surface area contributed by atoms with Crippen molar-refractivity contribution in [3.8, 4) is 0 Å². The molecule has 1 aromatic heterocycles. The zero-order valence-electron chi connectivity index (χ0n) is 7.95. The van der Waals surface area contributed by atoms with Crippen LogP contribution in [0, 0.1) is 12.8 Å². The van der Waals surface area contributed by atoms with Gasteiger partial charge >= 0.3 is 0 Å². The molecule has 0 aliphatic heterocycles. The second-order valence-corrected chi connectivity index (χ2v) is 3.73. The Morgan fingerprint density at radius 3 is 3.15 bits per heavy atom. The Hall–Kier alpha value is -0.960. The molecule has 2 N–H and O–H groups in total. The summed E-state index contributed by atoms with van der Waals surface area (Å²) in [5, 5.41) is 0. The minimum absolute atomic E-state index is 0.636. The summed E-state index contributed by atoms with van der Waals surface area (Å²) in [6, 6.07) is 0. The minimum atomic E-state index is 0.636. The Kier molecular flexibility index (Phi) is 2.27. The van der Waals surface area contributed by atoms with Crippen LogP contribution < -0.4 is 5.73 Å². The predicted molar refractivity (Wildman–Crippen MR) is 51.3 cm³/mol. The normalized spacial score (nSPS) is 21.2. The van der Waals surface area contributed by atoms with Gasteiger partial charge in [0.2, 0.25) is 0 Å². The van der Waals surface area contributed by atoms with E-state index in [4.69, 9.17) is 5.73 Å². The van der Waals surface area contributed by atoms with Crippen LogP contribution in [0.15, 0.2) is 6.33 Å². The van der Waals surface area contributed by atoms with Crippen LogP contribution in [0.3, 0.4) is 0 Å². The smallest absolute Gasteiger partial charge is 0.115 e. The van der Waals surface area contributed by atoms with Gasteiger partial charge in [0.1, 0.15) is 6.33 Å². The SMILES string of the molecule is Cc1ncnc2c1CC(CN)CC2. The molecule has 3 nitrogen and oxygen atoms in total. The van der Waals surface area contributed by atoms with E-state index in [2.05, 4.69) is 16.9 Å². The predicted octanol–water partition coefficient (Wildman–Crippen LogP) is 0.849. The van der Waals surface area contributed by atoms with Gasteiger partial charge in [-0.2, -0.15) is 0 Å². The Bertz CT molecular complexity index is 309. The lowest BCUT2D eigenvalue weighted by Crippen LogP contribution is -2.23. The van der Waals surface area contributed by atoms with Crippen molar-refractivity contribution < 1.29 is 0 Å². The summed E-state index contributed by atoms with van der Waals surface area (Å²) < 4.78 is 0. The third-order valence-electron chi connectivity index (χ3n) is 2.87. The van der Waals surface area contributed by atoms with Gasteiger partial charge in [0, 0.05) is 11.4 Å². The molecule has 0 radical (unpaired) electrons. The molecule has 0 saturated carbocycles. The third-order valence-corrected chi connectivity index (χ3v) is 2.87. The second kappa shape index (κ2) is 3.42. The summed E-state index contributed by atoms with van der Waals surface area (Å²) in [5.74, 6) is 0.636. The van der Waals surface area contributed by atoms with E-state index in [1.54, 1.807) is 6.33 Å². The van der Waals surface area contributed by atoms with Crippen molar-refractivity contribution in [1.82, 2.24) is 9.97 Å². The lowest BCUT2D eigenvalue weighted by molar-refractivity contribution is 0.459. The maximum Gasteiger partial charge on any atom is 0.115 e. The minimum Gasteiger partial charge on any atom is -0.330 e. The average molecular weight is 177 g/mol. The van der Waals surface area contributed by atoms with Crippen LogP contribution in [0.1, 0.15) is 23.4 Å². The summed E-state index contributed by atoms with van der Waals surface area (Å²) in [7, 11) is 0. The van der Waals surface area contributed by atoms with Gasteiger partial charge in [0.15, 0.2) is 0 Å². The summed E-state index contributed by atoms with van der Waals surface area (Å²) >= 11 is 0. The molecule has 1 atom stereocenters. The molecule has 0 bridgehead atoms. The van der Waals surface area contributed by atoms with Crippen molar-refractivity contribution in [2.24, 2.45) is 11.7 Å². The molecule has 0 aromatic carbocycles. The van der Waals surface area contributed by atoms with Gasteiger partial charge in [0.25, 0.3) is 0 Å². The molecule has 13 heavy (non-hydrogen) atoms. The zero-order chi connectivity index (χ0) is 9.26. The van der Waals surface area contributed by atoms with Crippen LogP contribution in [0.4, 0.5) is 0 Å². The number of rotatable bonds is 1. The highest BCUT2D eigenvalue weighted by atomic mass is 14.8. The molecule has 0 amide bonds. The molecule has 1 aliphatic carbocycles. The molecular weight excluding hydrogens is 162 g/mol. The van der Waals surface area contributed by atoms with Crippen molar-refractivity contribution in [2.45, 2.75) is 26.2 Å². The largest absolute Gasteiger partial charge is 0.330 e. The van der Waals surface area contributed by atoms with Crippen LogP contribution in [0.2, 0.25) is 0 Å². The standard InChI is InChI=1S/C10H15N3/c1-7-9-4-8(5-11)2-3-10(9)13-6-12-7/h6,8H,2-5,11H2,1H3. The van der Waals surface area contributed by atoms with Crippen LogP contribution in [-0.2, 0) is 12.8 Å². The Balaban J connectivity index is 2.32. The molecular formula is C10H15N3. The van der Waals surface area contributed by atoms with Crippen LogP contribution >= 0.6 is 0 Å². The van der Waals surface area contributed by atoms with E-state index in [1.807, 2.05) is 0 Å². The van der Waals surface area contributed by atoms with E-state index < -0.39 is 0 Å². The Morgan fingerprint density at radius 1 is 1.54 bits per heavy atom. The number of nitrogens with zero attached hydrogens (tertiary/aromatic N) is 2. The number of hydrogen-bond acceptors (Lipinski definition) is 3. The van der Waals surface area contributed by atoms with Gasteiger partial charge in [-0.15, -0.1) is 0 Å². The molecule has 2 rings (SSSR count). The molecule has 3 heteroatoms. The highest BCUT2D eigenvalue weighted by Crippen LogP contribution is 2.24. The second-order valence-electron chi connectivity index (χ2n) is 3.73. The number of hydrogen-bond donors (Lipinski definition) is 1. The first kappa shape index (κ1) is 8.63. The fraction of sp³-hybridized carbons (Fsp3) is 0.600. The fourth-order valence-corrected chi connectivity index (χ4v) is 1.96. The summed E-state index contributed by atoms with van der Waals surface area (Å²) in [4.78, 5) is 8.51. The molecule has 70 valence electrons.